The standard InChI is InChI=1S/C12H15N3O4S/c1-7-4-10(20(13,16)17)5-8(2)12(7)18-6-11-15-14-9(3)19-11/h4-5H,6H2,1-3H3,(H2,13,16,17). The molecule has 0 amide bonds. The molecular weight excluding hydrogens is 282 g/mol. The number of sulfonamides is 1. The molecule has 2 aromatic rings. The average Bonchev–Trinajstić information content (AvgIpc) is 2.72. The van der Waals surface area contributed by atoms with Gasteiger partial charge in [0.05, 0.1) is 4.90 Å². The van der Waals surface area contributed by atoms with Gasteiger partial charge in [-0.3, -0.25) is 0 Å². The van der Waals surface area contributed by atoms with Crippen molar-refractivity contribution in [3.63, 3.8) is 0 Å². The van der Waals surface area contributed by atoms with Crippen LogP contribution in [-0.2, 0) is 16.6 Å². The summed E-state index contributed by atoms with van der Waals surface area (Å²) < 4.78 is 33.5. The number of rotatable bonds is 4. The first-order valence-electron chi connectivity index (χ1n) is 5.83. The number of primary sulfonamides is 1. The second-order valence-corrected chi connectivity index (χ2v) is 6.00. The second kappa shape index (κ2) is 5.22. The monoisotopic (exact) mass is 297 g/mol. The number of nitrogens with zero attached hydrogens (tertiary/aromatic N) is 2. The zero-order valence-electron chi connectivity index (χ0n) is 11.4. The van der Waals surface area contributed by atoms with Crippen molar-refractivity contribution in [3.8, 4) is 5.75 Å². The Kier molecular flexibility index (Phi) is 3.78. The fourth-order valence-corrected chi connectivity index (χ4v) is 2.51. The quantitative estimate of drug-likeness (QED) is 0.909. The van der Waals surface area contributed by atoms with Gasteiger partial charge >= 0.3 is 0 Å². The van der Waals surface area contributed by atoms with E-state index in [1.54, 1.807) is 20.8 Å². The minimum absolute atomic E-state index is 0.0634. The molecule has 0 unspecified atom stereocenters. The molecule has 108 valence electrons. The first-order valence-corrected chi connectivity index (χ1v) is 7.38. The van der Waals surface area contributed by atoms with Crippen LogP contribution in [0.5, 0.6) is 5.75 Å². The number of nitrogens with two attached hydrogens (primary N) is 1. The Morgan fingerprint density at radius 2 is 1.80 bits per heavy atom. The Morgan fingerprint density at radius 1 is 1.20 bits per heavy atom. The minimum atomic E-state index is -3.72. The van der Waals surface area contributed by atoms with Crippen molar-refractivity contribution in [1.82, 2.24) is 10.2 Å². The van der Waals surface area contributed by atoms with Gasteiger partial charge in [0.25, 0.3) is 5.89 Å². The van der Waals surface area contributed by atoms with E-state index >= 15 is 0 Å². The maximum atomic E-state index is 11.3. The Balaban J connectivity index is 2.25. The van der Waals surface area contributed by atoms with Gasteiger partial charge in [0, 0.05) is 6.92 Å². The van der Waals surface area contributed by atoms with E-state index in [0.717, 1.165) is 0 Å². The van der Waals surface area contributed by atoms with Crippen LogP contribution in [0.15, 0.2) is 21.4 Å². The highest BCUT2D eigenvalue weighted by atomic mass is 32.2. The fraction of sp³-hybridized carbons (Fsp3) is 0.333. The summed E-state index contributed by atoms with van der Waals surface area (Å²) >= 11 is 0. The molecule has 0 spiro atoms. The largest absolute Gasteiger partial charge is 0.483 e. The summed E-state index contributed by atoms with van der Waals surface area (Å²) in [7, 11) is -3.72. The maximum Gasteiger partial charge on any atom is 0.253 e. The molecule has 0 radical (unpaired) electrons. The van der Waals surface area contributed by atoms with E-state index in [9.17, 15) is 8.42 Å². The molecule has 2 rings (SSSR count). The molecule has 0 fully saturated rings. The number of aromatic nitrogens is 2. The van der Waals surface area contributed by atoms with Gasteiger partial charge in [-0.25, -0.2) is 13.6 Å². The zero-order chi connectivity index (χ0) is 14.9. The summed E-state index contributed by atoms with van der Waals surface area (Å²) in [5.41, 5.74) is 1.34. The molecule has 2 N–H and O–H groups in total. The second-order valence-electron chi connectivity index (χ2n) is 4.43. The van der Waals surface area contributed by atoms with Crippen molar-refractivity contribution in [2.45, 2.75) is 32.3 Å². The summed E-state index contributed by atoms with van der Waals surface area (Å²) in [5, 5.41) is 12.6. The van der Waals surface area contributed by atoms with Crippen molar-refractivity contribution in [2.24, 2.45) is 5.14 Å². The molecular formula is C12H15N3O4S. The molecule has 7 nitrogen and oxygen atoms in total. The number of hydrogen-bond donors (Lipinski definition) is 1. The lowest BCUT2D eigenvalue weighted by Crippen LogP contribution is -2.13. The van der Waals surface area contributed by atoms with Crippen LogP contribution in [0.3, 0.4) is 0 Å². The highest BCUT2D eigenvalue weighted by molar-refractivity contribution is 7.89. The van der Waals surface area contributed by atoms with E-state index < -0.39 is 10.0 Å². The molecule has 8 heteroatoms. The van der Waals surface area contributed by atoms with Crippen molar-refractivity contribution in [3.05, 3.63) is 35.0 Å². The molecule has 1 aromatic carbocycles. The summed E-state index contributed by atoms with van der Waals surface area (Å²) in [6, 6.07) is 2.94. The van der Waals surface area contributed by atoms with Gasteiger partial charge in [-0.1, -0.05) is 0 Å². The van der Waals surface area contributed by atoms with E-state index in [1.165, 1.54) is 12.1 Å². The molecule has 1 heterocycles. The predicted octanol–water partition coefficient (Wildman–Crippen LogP) is 1.22. The Hall–Kier alpha value is -1.93. The Labute approximate surface area is 116 Å². The van der Waals surface area contributed by atoms with Gasteiger partial charge in [-0.05, 0) is 37.1 Å². The van der Waals surface area contributed by atoms with E-state index in [0.29, 0.717) is 28.7 Å². The first kappa shape index (κ1) is 14.5. The van der Waals surface area contributed by atoms with Crippen molar-refractivity contribution in [2.75, 3.05) is 0 Å². The summed E-state index contributed by atoms with van der Waals surface area (Å²) in [4.78, 5) is 0.0634. The van der Waals surface area contributed by atoms with Gasteiger partial charge < -0.3 is 9.15 Å². The number of hydrogen-bond acceptors (Lipinski definition) is 6. The van der Waals surface area contributed by atoms with Gasteiger partial charge in [0.2, 0.25) is 15.9 Å². The van der Waals surface area contributed by atoms with Gasteiger partial charge in [-0.15, -0.1) is 10.2 Å². The molecule has 0 bridgehead atoms. The van der Waals surface area contributed by atoms with Crippen molar-refractivity contribution in [1.29, 1.82) is 0 Å². The predicted molar refractivity (Wildman–Crippen MR) is 70.7 cm³/mol. The molecule has 1 aromatic heterocycles. The van der Waals surface area contributed by atoms with Crippen LogP contribution in [0.2, 0.25) is 0 Å². The number of aryl methyl sites for hydroxylation is 3. The highest BCUT2D eigenvalue weighted by Crippen LogP contribution is 2.27. The van der Waals surface area contributed by atoms with Crippen LogP contribution in [0.25, 0.3) is 0 Å². The Morgan fingerprint density at radius 3 is 2.25 bits per heavy atom. The lowest BCUT2D eigenvalue weighted by atomic mass is 10.1. The van der Waals surface area contributed by atoms with Crippen LogP contribution in [-0.4, -0.2) is 18.6 Å². The van der Waals surface area contributed by atoms with Crippen LogP contribution in [0, 0.1) is 20.8 Å². The summed E-state index contributed by atoms with van der Waals surface area (Å²) in [6.07, 6.45) is 0. The third-order valence-corrected chi connectivity index (χ3v) is 3.56. The van der Waals surface area contributed by atoms with Crippen molar-refractivity contribution < 1.29 is 17.6 Å². The molecule has 0 saturated carbocycles. The maximum absolute atomic E-state index is 11.3. The normalized spacial score (nSPS) is 11.6. The molecule has 0 atom stereocenters. The molecule has 0 aliphatic carbocycles. The topological polar surface area (TPSA) is 108 Å². The lowest BCUT2D eigenvalue weighted by Gasteiger charge is -2.12. The molecule has 20 heavy (non-hydrogen) atoms. The third kappa shape index (κ3) is 3.14. The molecule has 0 aliphatic rings. The number of benzene rings is 1. The summed E-state index contributed by atoms with van der Waals surface area (Å²) in [6.45, 7) is 5.30. The van der Waals surface area contributed by atoms with E-state index in [1.807, 2.05) is 0 Å². The SMILES string of the molecule is Cc1nnc(COc2c(C)cc(S(N)(=O)=O)cc2C)o1. The van der Waals surface area contributed by atoms with E-state index in [4.69, 9.17) is 14.3 Å². The van der Waals surface area contributed by atoms with Gasteiger partial charge in [0.1, 0.15) is 5.75 Å². The third-order valence-electron chi connectivity index (χ3n) is 2.67. The average molecular weight is 297 g/mol. The van der Waals surface area contributed by atoms with Gasteiger partial charge in [-0.2, -0.15) is 0 Å². The zero-order valence-corrected chi connectivity index (χ0v) is 12.2. The number of ether oxygens (including phenoxy) is 1. The van der Waals surface area contributed by atoms with Crippen LogP contribution >= 0.6 is 0 Å². The summed E-state index contributed by atoms with van der Waals surface area (Å²) in [5.74, 6) is 1.40. The van der Waals surface area contributed by atoms with Crippen molar-refractivity contribution >= 4 is 10.0 Å². The van der Waals surface area contributed by atoms with E-state index in [2.05, 4.69) is 10.2 Å². The molecule has 0 aliphatic heterocycles. The first-order chi connectivity index (χ1) is 9.27. The highest BCUT2D eigenvalue weighted by Gasteiger charge is 2.14. The van der Waals surface area contributed by atoms with Gasteiger partial charge in [0.15, 0.2) is 6.61 Å². The minimum Gasteiger partial charge on any atom is -0.483 e. The Bertz CT molecular complexity index is 714. The fourth-order valence-electron chi connectivity index (χ4n) is 1.83. The lowest BCUT2D eigenvalue weighted by molar-refractivity contribution is 0.257. The smallest absolute Gasteiger partial charge is 0.253 e. The molecule has 0 saturated heterocycles. The van der Waals surface area contributed by atoms with Crippen LogP contribution < -0.4 is 9.88 Å². The van der Waals surface area contributed by atoms with Crippen LogP contribution in [0.4, 0.5) is 0 Å². The van der Waals surface area contributed by atoms with E-state index in [-0.39, 0.29) is 11.5 Å². The van der Waals surface area contributed by atoms with Crippen LogP contribution in [0.1, 0.15) is 22.9 Å².